The number of hydrogen-bond acceptors (Lipinski definition) is 4. The molecule has 0 aromatic rings. The summed E-state index contributed by atoms with van der Waals surface area (Å²) in [7, 11) is 1.14. The number of amides is 6. The predicted molar refractivity (Wildman–Crippen MR) is 48.7 cm³/mol. The first-order valence-electron chi connectivity index (χ1n) is 4.33. The summed E-state index contributed by atoms with van der Waals surface area (Å²) in [6.45, 7) is 3.35. The van der Waals surface area contributed by atoms with Crippen LogP contribution in [0.1, 0.15) is 13.8 Å². The lowest BCUT2D eigenvalue weighted by atomic mass is 10.4. The standard InChI is InChI=1S/C8H11N3O4/c1-4(2)9-7(14)11-6(13)5(12)10(3)8(11)15/h4H,1-3H3,(H,9,14). The van der Waals surface area contributed by atoms with Gasteiger partial charge < -0.3 is 5.32 Å². The monoisotopic (exact) mass is 213 g/mol. The maximum absolute atomic E-state index is 11.4. The van der Waals surface area contributed by atoms with Crippen LogP contribution in [0.4, 0.5) is 9.59 Å². The number of carbonyl (C=O) groups is 4. The van der Waals surface area contributed by atoms with Gasteiger partial charge in [-0.05, 0) is 13.8 Å². The first-order valence-corrected chi connectivity index (χ1v) is 4.33. The van der Waals surface area contributed by atoms with Crippen LogP contribution in [0.3, 0.4) is 0 Å². The van der Waals surface area contributed by atoms with E-state index in [0.717, 1.165) is 7.05 Å². The summed E-state index contributed by atoms with van der Waals surface area (Å²) in [5, 5.41) is 2.35. The van der Waals surface area contributed by atoms with Gasteiger partial charge in [-0.1, -0.05) is 0 Å². The van der Waals surface area contributed by atoms with Gasteiger partial charge in [0.25, 0.3) is 0 Å². The number of imide groups is 4. The van der Waals surface area contributed by atoms with Crippen molar-refractivity contribution in [3.8, 4) is 0 Å². The number of likely N-dealkylation sites (N-methyl/N-ethyl adjacent to an activating group) is 1. The molecule has 0 unspecified atom stereocenters. The number of carbonyl (C=O) groups excluding carboxylic acids is 4. The van der Waals surface area contributed by atoms with E-state index in [4.69, 9.17) is 0 Å². The maximum atomic E-state index is 11.4. The van der Waals surface area contributed by atoms with Crippen molar-refractivity contribution < 1.29 is 19.2 Å². The Morgan fingerprint density at radius 1 is 1.20 bits per heavy atom. The fourth-order valence-corrected chi connectivity index (χ4v) is 1.05. The highest BCUT2D eigenvalue weighted by atomic mass is 16.2. The first kappa shape index (κ1) is 11.2. The predicted octanol–water partition coefficient (Wildman–Crippen LogP) is -0.475. The van der Waals surface area contributed by atoms with Crippen molar-refractivity contribution in [3.63, 3.8) is 0 Å². The van der Waals surface area contributed by atoms with Crippen LogP contribution >= 0.6 is 0 Å². The van der Waals surface area contributed by atoms with Crippen molar-refractivity contribution in [2.24, 2.45) is 0 Å². The Kier molecular flexibility index (Phi) is 2.74. The smallest absolute Gasteiger partial charge is 0.335 e. The molecule has 0 radical (unpaired) electrons. The van der Waals surface area contributed by atoms with Gasteiger partial charge in [0, 0.05) is 13.1 Å². The van der Waals surface area contributed by atoms with E-state index < -0.39 is 23.9 Å². The molecule has 1 heterocycles. The van der Waals surface area contributed by atoms with Gasteiger partial charge >= 0.3 is 23.9 Å². The Bertz CT molecular complexity index is 350. The summed E-state index contributed by atoms with van der Waals surface area (Å²) in [6.07, 6.45) is 0. The fraction of sp³-hybridized carbons (Fsp3) is 0.500. The lowest BCUT2D eigenvalue weighted by Gasteiger charge is -2.14. The zero-order valence-electron chi connectivity index (χ0n) is 8.60. The molecule has 15 heavy (non-hydrogen) atoms. The van der Waals surface area contributed by atoms with Crippen LogP contribution in [0.2, 0.25) is 0 Å². The molecule has 6 amide bonds. The highest BCUT2D eigenvalue weighted by molar-refractivity contribution is 6.47. The molecule has 0 spiro atoms. The summed E-state index contributed by atoms with van der Waals surface area (Å²) in [6, 6.07) is -2.03. The van der Waals surface area contributed by atoms with Gasteiger partial charge in [-0.3, -0.25) is 14.5 Å². The molecule has 7 nitrogen and oxygen atoms in total. The highest BCUT2D eigenvalue weighted by Gasteiger charge is 2.46. The minimum absolute atomic E-state index is 0.223. The van der Waals surface area contributed by atoms with Crippen LogP contribution in [0.25, 0.3) is 0 Å². The van der Waals surface area contributed by atoms with Gasteiger partial charge in [0.05, 0.1) is 0 Å². The third-order valence-corrected chi connectivity index (χ3v) is 1.78. The largest absolute Gasteiger partial charge is 0.342 e. The summed E-state index contributed by atoms with van der Waals surface area (Å²) >= 11 is 0. The average Bonchev–Trinajstić information content (AvgIpc) is 2.30. The average molecular weight is 213 g/mol. The summed E-state index contributed by atoms with van der Waals surface area (Å²) in [4.78, 5) is 45.8. The molecule has 0 aromatic carbocycles. The number of urea groups is 2. The molecule has 1 N–H and O–H groups in total. The summed E-state index contributed by atoms with van der Waals surface area (Å²) in [5.74, 6) is -2.13. The van der Waals surface area contributed by atoms with Gasteiger partial charge in [-0.25, -0.2) is 9.59 Å². The Balaban J connectivity index is 2.88. The van der Waals surface area contributed by atoms with E-state index in [2.05, 4.69) is 5.32 Å². The first-order chi connectivity index (χ1) is 6.86. The highest BCUT2D eigenvalue weighted by Crippen LogP contribution is 2.09. The number of nitrogens with one attached hydrogen (secondary N) is 1. The summed E-state index contributed by atoms with van der Waals surface area (Å²) in [5.41, 5.74) is 0. The molecule has 0 aromatic heterocycles. The molecule has 1 aliphatic rings. The van der Waals surface area contributed by atoms with Crippen LogP contribution in [0.5, 0.6) is 0 Å². The minimum Gasteiger partial charge on any atom is -0.335 e. The fourth-order valence-electron chi connectivity index (χ4n) is 1.05. The second-order valence-electron chi connectivity index (χ2n) is 3.39. The number of rotatable bonds is 1. The third-order valence-electron chi connectivity index (χ3n) is 1.78. The van der Waals surface area contributed by atoms with Crippen molar-refractivity contribution in [2.45, 2.75) is 19.9 Å². The van der Waals surface area contributed by atoms with E-state index in [1.165, 1.54) is 0 Å². The number of nitrogens with zero attached hydrogens (tertiary/aromatic N) is 2. The van der Waals surface area contributed by atoms with Gasteiger partial charge in [-0.15, -0.1) is 0 Å². The molecule has 1 rings (SSSR count). The molecule has 0 saturated carbocycles. The van der Waals surface area contributed by atoms with Gasteiger partial charge in [0.1, 0.15) is 0 Å². The van der Waals surface area contributed by atoms with Crippen molar-refractivity contribution in [3.05, 3.63) is 0 Å². The Labute approximate surface area is 86.0 Å². The molecule has 0 atom stereocenters. The van der Waals surface area contributed by atoms with Crippen LogP contribution < -0.4 is 5.32 Å². The molecule has 1 saturated heterocycles. The van der Waals surface area contributed by atoms with E-state index in [0.29, 0.717) is 9.80 Å². The molecule has 0 aliphatic carbocycles. The molecule has 1 aliphatic heterocycles. The normalized spacial score (nSPS) is 16.7. The zero-order valence-corrected chi connectivity index (χ0v) is 8.60. The minimum atomic E-state index is -1.12. The third kappa shape index (κ3) is 1.80. The molecule has 1 fully saturated rings. The van der Waals surface area contributed by atoms with Crippen LogP contribution in [-0.2, 0) is 9.59 Å². The maximum Gasteiger partial charge on any atom is 0.342 e. The van der Waals surface area contributed by atoms with E-state index in [9.17, 15) is 19.2 Å². The van der Waals surface area contributed by atoms with Crippen molar-refractivity contribution >= 4 is 23.9 Å². The quantitative estimate of drug-likeness (QED) is 0.471. The summed E-state index contributed by atoms with van der Waals surface area (Å²) < 4.78 is 0. The zero-order chi connectivity index (χ0) is 11.7. The van der Waals surface area contributed by atoms with Crippen molar-refractivity contribution in [2.75, 3.05) is 7.05 Å². The second kappa shape index (κ2) is 3.68. The van der Waals surface area contributed by atoms with Crippen LogP contribution in [-0.4, -0.2) is 46.8 Å². The molecule has 7 heteroatoms. The Hall–Kier alpha value is -1.92. The second-order valence-corrected chi connectivity index (χ2v) is 3.39. The van der Waals surface area contributed by atoms with Crippen LogP contribution in [0.15, 0.2) is 0 Å². The van der Waals surface area contributed by atoms with E-state index >= 15 is 0 Å². The van der Waals surface area contributed by atoms with E-state index in [1.54, 1.807) is 13.8 Å². The van der Waals surface area contributed by atoms with Gasteiger partial charge in [0.15, 0.2) is 0 Å². The lowest BCUT2D eigenvalue weighted by Crippen LogP contribution is -2.46. The molecular weight excluding hydrogens is 202 g/mol. The molecule has 0 bridgehead atoms. The Morgan fingerprint density at radius 2 is 1.73 bits per heavy atom. The van der Waals surface area contributed by atoms with E-state index in [-0.39, 0.29) is 6.04 Å². The SMILES string of the molecule is CC(C)NC(=O)N1C(=O)C(=O)N(C)C1=O. The lowest BCUT2D eigenvalue weighted by molar-refractivity contribution is -0.141. The number of hydrogen-bond donors (Lipinski definition) is 1. The molecular formula is C8H11N3O4. The molecule has 82 valence electrons. The van der Waals surface area contributed by atoms with Gasteiger partial charge in [-0.2, -0.15) is 4.90 Å². The van der Waals surface area contributed by atoms with E-state index in [1.807, 2.05) is 0 Å². The van der Waals surface area contributed by atoms with Crippen molar-refractivity contribution in [1.82, 2.24) is 15.1 Å². The Morgan fingerprint density at radius 3 is 2.07 bits per heavy atom. The van der Waals surface area contributed by atoms with Gasteiger partial charge in [0.2, 0.25) is 0 Å². The van der Waals surface area contributed by atoms with Crippen LogP contribution in [0, 0.1) is 0 Å². The van der Waals surface area contributed by atoms with Crippen molar-refractivity contribution in [1.29, 1.82) is 0 Å². The topological polar surface area (TPSA) is 86.8 Å².